The Labute approximate surface area is 127 Å². The Morgan fingerprint density at radius 1 is 1.43 bits per heavy atom. The molecular weight excluding hydrogens is 264 g/mol. The van der Waals surface area contributed by atoms with Gasteiger partial charge in [0.25, 0.3) is 5.91 Å². The van der Waals surface area contributed by atoms with Crippen molar-refractivity contribution >= 4 is 5.91 Å². The average molecular weight is 290 g/mol. The minimum atomic E-state index is -0.460. The Kier molecular flexibility index (Phi) is 5.62. The summed E-state index contributed by atoms with van der Waals surface area (Å²) in [5.74, 6) is 0.771. The monoisotopic (exact) mass is 290 g/mol. The zero-order chi connectivity index (χ0) is 15.2. The Hall–Kier alpha value is -1.55. The lowest BCUT2D eigenvalue weighted by Gasteiger charge is -2.18. The van der Waals surface area contributed by atoms with Crippen LogP contribution in [-0.2, 0) is 11.3 Å². The number of carbonyl (C=O) groups is 1. The number of hydrogen-bond donors (Lipinski definition) is 2. The molecule has 1 aromatic rings. The van der Waals surface area contributed by atoms with E-state index in [1.807, 2.05) is 12.1 Å². The highest BCUT2D eigenvalue weighted by Crippen LogP contribution is 2.22. The van der Waals surface area contributed by atoms with Gasteiger partial charge in [-0.3, -0.25) is 4.79 Å². The van der Waals surface area contributed by atoms with Crippen LogP contribution in [-0.4, -0.2) is 24.6 Å². The van der Waals surface area contributed by atoms with E-state index >= 15 is 0 Å². The van der Waals surface area contributed by atoms with E-state index in [0.717, 1.165) is 43.7 Å². The van der Waals surface area contributed by atoms with Crippen LogP contribution in [0.25, 0.3) is 0 Å². The number of hydrogen-bond acceptors (Lipinski definition) is 3. The first kappa shape index (κ1) is 15.8. The van der Waals surface area contributed by atoms with Crippen molar-refractivity contribution in [2.24, 2.45) is 0 Å². The summed E-state index contributed by atoms with van der Waals surface area (Å²) in [5, 5.41) is 6.36. The maximum absolute atomic E-state index is 12.0. The van der Waals surface area contributed by atoms with Crippen LogP contribution in [0, 0.1) is 6.92 Å². The molecule has 0 spiro atoms. The molecule has 4 nitrogen and oxygen atoms in total. The number of benzene rings is 1. The molecule has 1 fully saturated rings. The highest BCUT2D eigenvalue weighted by Gasteiger charge is 2.26. The molecule has 21 heavy (non-hydrogen) atoms. The fourth-order valence-corrected chi connectivity index (χ4v) is 2.15. The van der Waals surface area contributed by atoms with Crippen LogP contribution in [0.5, 0.6) is 5.75 Å². The molecule has 0 bridgehead atoms. The second-order valence-corrected chi connectivity index (χ2v) is 5.83. The summed E-state index contributed by atoms with van der Waals surface area (Å²) in [5.41, 5.74) is 2.31. The highest BCUT2D eigenvalue weighted by molar-refractivity contribution is 5.81. The molecule has 0 aliphatic heterocycles. The lowest BCUT2D eigenvalue weighted by atomic mass is 10.1. The molecule has 1 aliphatic rings. The van der Waals surface area contributed by atoms with Gasteiger partial charge in [0.15, 0.2) is 6.10 Å². The molecular formula is C17H26N2O2. The number of rotatable bonds is 8. The van der Waals surface area contributed by atoms with Gasteiger partial charge < -0.3 is 15.4 Å². The predicted octanol–water partition coefficient (Wildman–Crippen LogP) is 2.54. The Bertz CT molecular complexity index is 484. The number of carbonyl (C=O) groups excluding carboxylic acids is 1. The quantitative estimate of drug-likeness (QED) is 0.723. The third-order valence-electron chi connectivity index (χ3n) is 3.55. The molecule has 0 heterocycles. The first-order chi connectivity index (χ1) is 10.1. The summed E-state index contributed by atoms with van der Waals surface area (Å²) in [7, 11) is 0. The van der Waals surface area contributed by atoms with Gasteiger partial charge in [0.2, 0.25) is 0 Å². The second kappa shape index (κ2) is 7.46. The van der Waals surface area contributed by atoms with E-state index in [1.165, 1.54) is 5.56 Å². The fourth-order valence-electron chi connectivity index (χ4n) is 2.15. The van der Waals surface area contributed by atoms with E-state index in [9.17, 15) is 4.79 Å². The van der Waals surface area contributed by atoms with Gasteiger partial charge in [0.05, 0.1) is 0 Å². The van der Waals surface area contributed by atoms with Crippen molar-refractivity contribution in [3.8, 4) is 5.75 Å². The highest BCUT2D eigenvalue weighted by atomic mass is 16.5. The number of ether oxygens (including phenoxy) is 1. The summed E-state index contributed by atoms with van der Waals surface area (Å²) < 4.78 is 5.87. The standard InChI is InChI=1S/C17H26N2O2/c1-4-9-18-11-14-10-12(2)5-8-16(14)21-13(3)17(20)19-15-6-7-15/h5,8,10,13,15,18H,4,6-7,9,11H2,1-3H3,(H,19,20). The smallest absolute Gasteiger partial charge is 0.260 e. The fraction of sp³-hybridized carbons (Fsp3) is 0.588. The predicted molar refractivity (Wildman–Crippen MR) is 84.4 cm³/mol. The van der Waals surface area contributed by atoms with Gasteiger partial charge in [-0.25, -0.2) is 0 Å². The largest absolute Gasteiger partial charge is 0.481 e. The Morgan fingerprint density at radius 2 is 2.19 bits per heavy atom. The van der Waals surface area contributed by atoms with Crippen LogP contribution in [0.3, 0.4) is 0 Å². The van der Waals surface area contributed by atoms with Crippen molar-refractivity contribution in [3.63, 3.8) is 0 Å². The topological polar surface area (TPSA) is 50.4 Å². The van der Waals surface area contributed by atoms with Gasteiger partial charge in [-0.15, -0.1) is 0 Å². The van der Waals surface area contributed by atoms with Crippen molar-refractivity contribution in [2.75, 3.05) is 6.54 Å². The molecule has 1 aliphatic carbocycles. The zero-order valence-electron chi connectivity index (χ0n) is 13.2. The van der Waals surface area contributed by atoms with Crippen LogP contribution in [0.15, 0.2) is 18.2 Å². The molecule has 0 radical (unpaired) electrons. The van der Waals surface area contributed by atoms with Gasteiger partial charge in [-0.1, -0.05) is 24.6 Å². The lowest BCUT2D eigenvalue weighted by Crippen LogP contribution is -2.37. The van der Waals surface area contributed by atoms with Gasteiger partial charge in [-0.2, -0.15) is 0 Å². The van der Waals surface area contributed by atoms with Crippen molar-refractivity contribution in [3.05, 3.63) is 29.3 Å². The summed E-state index contributed by atoms with van der Waals surface area (Å²) in [6.07, 6.45) is 2.82. The molecule has 1 aromatic carbocycles. The molecule has 2 rings (SSSR count). The van der Waals surface area contributed by atoms with Gasteiger partial charge in [0.1, 0.15) is 5.75 Å². The van der Waals surface area contributed by atoms with E-state index in [0.29, 0.717) is 6.04 Å². The second-order valence-electron chi connectivity index (χ2n) is 5.83. The van der Waals surface area contributed by atoms with E-state index in [2.05, 4.69) is 30.5 Å². The van der Waals surface area contributed by atoms with Crippen molar-refractivity contribution in [1.29, 1.82) is 0 Å². The number of nitrogens with one attached hydrogen (secondary N) is 2. The van der Waals surface area contributed by atoms with E-state index in [-0.39, 0.29) is 5.91 Å². The van der Waals surface area contributed by atoms with Crippen LogP contribution in [0.1, 0.15) is 44.2 Å². The molecule has 1 amide bonds. The first-order valence-corrected chi connectivity index (χ1v) is 7.87. The minimum Gasteiger partial charge on any atom is -0.481 e. The molecule has 116 valence electrons. The summed E-state index contributed by atoms with van der Waals surface area (Å²) in [4.78, 5) is 12.0. The van der Waals surface area contributed by atoms with Crippen LogP contribution >= 0.6 is 0 Å². The SMILES string of the molecule is CCCNCc1cc(C)ccc1OC(C)C(=O)NC1CC1. The van der Waals surface area contributed by atoms with E-state index in [1.54, 1.807) is 6.92 Å². The average Bonchev–Trinajstić information content (AvgIpc) is 3.25. The molecule has 1 atom stereocenters. The molecule has 1 saturated carbocycles. The third-order valence-corrected chi connectivity index (χ3v) is 3.55. The van der Waals surface area contributed by atoms with Gasteiger partial charge in [-0.05, 0) is 45.7 Å². The van der Waals surface area contributed by atoms with Crippen molar-refractivity contribution < 1.29 is 9.53 Å². The van der Waals surface area contributed by atoms with Gasteiger partial charge in [0, 0.05) is 18.2 Å². The summed E-state index contributed by atoms with van der Waals surface area (Å²) >= 11 is 0. The summed E-state index contributed by atoms with van der Waals surface area (Å²) in [6, 6.07) is 6.46. The molecule has 1 unspecified atom stereocenters. The normalized spacial score (nSPS) is 15.6. The minimum absolute atomic E-state index is 0.0226. The van der Waals surface area contributed by atoms with E-state index in [4.69, 9.17) is 4.74 Å². The Morgan fingerprint density at radius 3 is 2.86 bits per heavy atom. The lowest BCUT2D eigenvalue weighted by molar-refractivity contribution is -0.127. The van der Waals surface area contributed by atoms with Gasteiger partial charge >= 0.3 is 0 Å². The summed E-state index contributed by atoms with van der Waals surface area (Å²) in [6.45, 7) is 7.76. The first-order valence-electron chi connectivity index (χ1n) is 7.87. The molecule has 2 N–H and O–H groups in total. The van der Waals surface area contributed by atoms with Crippen LogP contribution in [0.4, 0.5) is 0 Å². The third kappa shape index (κ3) is 5.05. The maximum atomic E-state index is 12.0. The Balaban J connectivity index is 1.97. The zero-order valence-corrected chi connectivity index (χ0v) is 13.2. The van der Waals surface area contributed by atoms with Crippen molar-refractivity contribution in [2.45, 2.75) is 58.7 Å². The molecule has 0 saturated heterocycles. The van der Waals surface area contributed by atoms with Crippen molar-refractivity contribution in [1.82, 2.24) is 10.6 Å². The number of amides is 1. The van der Waals surface area contributed by atoms with Crippen LogP contribution in [0.2, 0.25) is 0 Å². The van der Waals surface area contributed by atoms with Crippen LogP contribution < -0.4 is 15.4 Å². The van der Waals surface area contributed by atoms with E-state index < -0.39 is 6.10 Å². The number of aryl methyl sites for hydroxylation is 1. The molecule has 0 aromatic heterocycles. The maximum Gasteiger partial charge on any atom is 0.260 e. The molecule has 4 heteroatoms.